The fraction of sp³-hybridized carbons (Fsp3) is 0.407. The molecule has 0 bridgehead atoms. The average molecular weight is 493 g/mol. The molecule has 9 heteroatoms. The quantitative estimate of drug-likeness (QED) is 0.465. The number of piperazine rings is 1. The van der Waals surface area contributed by atoms with Gasteiger partial charge in [-0.1, -0.05) is 12.1 Å². The number of aliphatic hydroxyl groups excluding tert-OH is 1. The molecule has 0 radical (unpaired) electrons. The number of ether oxygens (including phenoxy) is 1. The number of hydrogen-bond donors (Lipinski definition) is 3. The largest absolute Gasteiger partial charge is 0.508 e. The van der Waals surface area contributed by atoms with Crippen molar-refractivity contribution in [2.45, 2.75) is 24.9 Å². The van der Waals surface area contributed by atoms with Crippen molar-refractivity contribution in [1.82, 2.24) is 19.7 Å². The lowest BCUT2D eigenvalue weighted by molar-refractivity contribution is -0.167. The minimum atomic E-state index is -1.10. The first-order valence-electron chi connectivity index (χ1n) is 12.1. The third-order valence-electron chi connectivity index (χ3n) is 7.49. The van der Waals surface area contributed by atoms with E-state index in [4.69, 9.17) is 4.74 Å². The number of likely N-dealkylation sites (N-methyl/N-ethyl adjacent to an activating group) is 1. The van der Waals surface area contributed by atoms with Crippen LogP contribution in [0.3, 0.4) is 0 Å². The number of carbonyl (C=O) groups is 2. The summed E-state index contributed by atoms with van der Waals surface area (Å²) in [5, 5.41) is 20.4. The summed E-state index contributed by atoms with van der Waals surface area (Å²) < 4.78 is 5.46. The summed E-state index contributed by atoms with van der Waals surface area (Å²) >= 11 is 0. The molecule has 0 unspecified atom stereocenters. The zero-order chi connectivity index (χ0) is 25.6. The highest BCUT2D eigenvalue weighted by molar-refractivity contribution is 6.00. The summed E-state index contributed by atoms with van der Waals surface area (Å²) in [6, 6.07) is 12.1. The second-order valence-corrected chi connectivity index (χ2v) is 9.89. The lowest BCUT2D eigenvalue weighted by Gasteiger charge is -2.53. The van der Waals surface area contributed by atoms with Crippen molar-refractivity contribution < 1.29 is 24.5 Å². The summed E-state index contributed by atoms with van der Waals surface area (Å²) in [4.78, 5) is 36.5. The van der Waals surface area contributed by atoms with Crippen LogP contribution in [0.25, 0.3) is 10.9 Å². The molecular weight excluding hydrogens is 460 g/mol. The Morgan fingerprint density at radius 1 is 1.19 bits per heavy atom. The van der Waals surface area contributed by atoms with Crippen molar-refractivity contribution in [3.63, 3.8) is 0 Å². The van der Waals surface area contributed by atoms with E-state index in [1.807, 2.05) is 43.1 Å². The van der Waals surface area contributed by atoms with Crippen molar-refractivity contribution in [1.29, 1.82) is 0 Å². The van der Waals surface area contributed by atoms with Gasteiger partial charge in [0, 0.05) is 42.7 Å². The predicted molar refractivity (Wildman–Crippen MR) is 135 cm³/mol. The van der Waals surface area contributed by atoms with E-state index in [9.17, 15) is 19.8 Å². The number of phenols is 1. The zero-order valence-electron chi connectivity index (χ0n) is 20.8. The standard InChI is InChI=1S/C27H32N4O5/c1-27-15-21-20-14-19(36-3)7-8-22(20)28-24(21)25(17-5-4-6-18(33)13-17)31(27)23(34)16-30(26(27)35)10-9-29(2)11-12-32/h4-8,13-14,25,28,32-33H,9-12,15-16H2,1-3H3/t25-,27+/m1/s1. The van der Waals surface area contributed by atoms with Gasteiger partial charge < -0.3 is 34.6 Å². The maximum Gasteiger partial charge on any atom is 0.249 e. The summed E-state index contributed by atoms with van der Waals surface area (Å²) in [5.74, 6) is 0.568. The first-order chi connectivity index (χ1) is 17.3. The number of benzene rings is 2. The Kier molecular flexibility index (Phi) is 6.13. The molecule has 1 fully saturated rings. The first kappa shape index (κ1) is 24.1. The SMILES string of the molecule is COc1ccc2[nH]c3c(c2c1)C[C@@]1(C)C(=O)N(CCN(C)CCO)CC(=O)N1[C@@H]3c1cccc(O)c1. The predicted octanol–water partition coefficient (Wildman–Crippen LogP) is 1.88. The number of carbonyl (C=O) groups excluding carboxylic acids is 2. The van der Waals surface area contributed by atoms with Gasteiger partial charge in [0.25, 0.3) is 0 Å². The number of nitrogens with zero attached hydrogens (tertiary/aromatic N) is 3. The molecular formula is C27H32N4O5. The lowest BCUT2D eigenvalue weighted by Crippen LogP contribution is -2.70. The van der Waals surface area contributed by atoms with Gasteiger partial charge in [-0.2, -0.15) is 0 Å². The Hall–Kier alpha value is -3.56. The van der Waals surface area contributed by atoms with Crippen molar-refractivity contribution in [3.05, 3.63) is 59.3 Å². The molecule has 0 saturated carbocycles. The van der Waals surface area contributed by atoms with E-state index in [0.29, 0.717) is 31.8 Å². The number of rotatable bonds is 7. The molecule has 2 aliphatic rings. The molecule has 3 N–H and O–H groups in total. The fourth-order valence-corrected chi connectivity index (χ4v) is 5.66. The van der Waals surface area contributed by atoms with Crippen LogP contribution in [0.2, 0.25) is 0 Å². The van der Waals surface area contributed by atoms with Gasteiger partial charge in [0.1, 0.15) is 17.0 Å². The van der Waals surface area contributed by atoms with Crippen molar-refractivity contribution >= 4 is 22.7 Å². The second kappa shape index (κ2) is 9.15. The molecule has 0 aliphatic carbocycles. The van der Waals surface area contributed by atoms with E-state index in [1.165, 1.54) is 0 Å². The lowest BCUT2D eigenvalue weighted by atomic mass is 9.78. The van der Waals surface area contributed by atoms with Crippen molar-refractivity contribution in [2.24, 2.45) is 0 Å². The summed E-state index contributed by atoms with van der Waals surface area (Å²) in [6.45, 7) is 3.32. The van der Waals surface area contributed by atoms with E-state index < -0.39 is 11.6 Å². The molecule has 3 heterocycles. The average Bonchev–Trinajstić information content (AvgIpc) is 3.21. The molecule has 1 aromatic heterocycles. The number of aromatic nitrogens is 1. The highest BCUT2D eigenvalue weighted by atomic mass is 16.5. The topological polar surface area (TPSA) is 109 Å². The number of phenolic OH excluding ortho intramolecular Hbond substituents is 1. The number of amides is 2. The molecule has 2 amide bonds. The number of aromatic hydroxyl groups is 1. The maximum atomic E-state index is 14.0. The minimum absolute atomic E-state index is 0.0138. The highest BCUT2D eigenvalue weighted by Gasteiger charge is 2.55. The summed E-state index contributed by atoms with van der Waals surface area (Å²) in [7, 11) is 3.50. The number of fused-ring (bicyclic) bond motifs is 4. The smallest absolute Gasteiger partial charge is 0.249 e. The molecule has 36 heavy (non-hydrogen) atoms. The first-order valence-corrected chi connectivity index (χ1v) is 12.1. The fourth-order valence-electron chi connectivity index (χ4n) is 5.66. The van der Waals surface area contributed by atoms with Crippen molar-refractivity contribution in [3.8, 4) is 11.5 Å². The Morgan fingerprint density at radius 2 is 2.00 bits per heavy atom. The van der Waals surface area contributed by atoms with Crippen molar-refractivity contribution in [2.75, 3.05) is 46.9 Å². The zero-order valence-corrected chi connectivity index (χ0v) is 20.8. The van der Waals surface area contributed by atoms with E-state index in [2.05, 4.69) is 4.98 Å². The maximum absolute atomic E-state index is 14.0. The van der Waals surface area contributed by atoms with Crippen LogP contribution in [0.4, 0.5) is 0 Å². The number of hydrogen-bond acceptors (Lipinski definition) is 6. The molecule has 0 spiro atoms. The molecule has 9 nitrogen and oxygen atoms in total. The third kappa shape index (κ3) is 3.88. The van der Waals surface area contributed by atoms with Crippen LogP contribution in [0.15, 0.2) is 42.5 Å². The molecule has 1 saturated heterocycles. The number of aliphatic hydroxyl groups is 1. The van der Waals surface area contributed by atoms with Gasteiger partial charge in [-0.15, -0.1) is 0 Å². The van der Waals surface area contributed by atoms with Crippen LogP contribution < -0.4 is 4.74 Å². The molecule has 2 atom stereocenters. The van der Waals surface area contributed by atoms with Crippen LogP contribution in [0, 0.1) is 0 Å². The number of H-pyrrole nitrogens is 1. The van der Waals surface area contributed by atoms with Gasteiger partial charge in [0.15, 0.2) is 0 Å². The van der Waals surface area contributed by atoms with E-state index >= 15 is 0 Å². The summed E-state index contributed by atoms with van der Waals surface area (Å²) in [5.41, 5.74) is 2.34. The summed E-state index contributed by atoms with van der Waals surface area (Å²) in [6.07, 6.45) is 0.359. The molecule has 3 aromatic rings. The Bertz CT molecular complexity index is 1320. The Morgan fingerprint density at radius 3 is 2.72 bits per heavy atom. The highest BCUT2D eigenvalue weighted by Crippen LogP contribution is 2.47. The number of methoxy groups -OCH3 is 1. The van der Waals surface area contributed by atoms with Gasteiger partial charge in [-0.25, -0.2) is 0 Å². The molecule has 5 rings (SSSR count). The van der Waals surface area contributed by atoms with E-state index in [0.717, 1.165) is 27.7 Å². The number of nitrogens with one attached hydrogen (secondary N) is 1. The second-order valence-electron chi connectivity index (χ2n) is 9.89. The third-order valence-corrected chi connectivity index (χ3v) is 7.49. The number of aromatic amines is 1. The van der Waals surface area contributed by atoms with Crippen LogP contribution in [-0.4, -0.2) is 94.2 Å². The van der Waals surface area contributed by atoms with E-state index in [-0.39, 0.29) is 30.7 Å². The van der Waals surface area contributed by atoms with Crippen LogP contribution >= 0.6 is 0 Å². The van der Waals surface area contributed by atoms with Crippen LogP contribution in [0.1, 0.15) is 29.8 Å². The Labute approximate surface area is 209 Å². The normalized spacial score (nSPS) is 21.8. The monoisotopic (exact) mass is 492 g/mol. The van der Waals surface area contributed by atoms with Gasteiger partial charge in [0.05, 0.1) is 26.3 Å². The minimum Gasteiger partial charge on any atom is -0.508 e. The van der Waals surface area contributed by atoms with Gasteiger partial charge >= 0.3 is 0 Å². The van der Waals surface area contributed by atoms with Gasteiger partial charge in [-0.3, -0.25) is 9.59 Å². The van der Waals surface area contributed by atoms with E-state index in [1.54, 1.807) is 35.1 Å². The molecule has 2 aliphatic heterocycles. The van der Waals surface area contributed by atoms with Crippen LogP contribution in [-0.2, 0) is 16.0 Å². The molecule has 190 valence electrons. The van der Waals surface area contributed by atoms with Gasteiger partial charge in [0.2, 0.25) is 11.8 Å². The molecule has 2 aromatic carbocycles. The van der Waals surface area contributed by atoms with Gasteiger partial charge in [-0.05, 0) is 55.4 Å². The Balaban J connectivity index is 1.63. The van der Waals surface area contributed by atoms with Crippen LogP contribution in [0.5, 0.6) is 11.5 Å².